The van der Waals surface area contributed by atoms with Gasteiger partial charge in [-0.05, 0) is 37.6 Å². The first kappa shape index (κ1) is 14.7. The summed E-state index contributed by atoms with van der Waals surface area (Å²) in [6, 6.07) is 5.18. The maximum absolute atomic E-state index is 9.40. The van der Waals surface area contributed by atoms with Gasteiger partial charge in [-0.1, -0.05) is 23.2 Å². The summed E-state index contributed by atoms with van der Waals surface area (Å²) in [6.45, 7) is 3.76. The number of aliphatic hydroxyl groups excluding tert-OH is 1. The molecule has 0 aliphatic heterocycles. The molecule has 5 heteroatoms. The molecule has 0 heterocycles. The van der Waals surface area contributed by atoms with Crippen molar-refractivity contribution in [3.05, 3.63) is 33.8 Å². The second-order valence-electron chi connectivity index (χ2n) is 4.01. The van der Waals surface area contributed by atoms with Crippen LogP contribution in [-0.4, -0.2) is 23.9 Å². The second-order valence-corrected chi connectivity index (χ2v) is 4.88. The van der Waals surface area contributed by atoms with Crippen LogP contribution in [0.2, 0.25) is 10.0 Å². The normalized spacial score (nSPS) is 16.6. The van der Waals surface area contributed by atoms with Gasteiger partial charge in [0.1, 0.15) is 0 Å². The molecule has 0 spiro atoms. The molecule has 3 N–H and O–H groups in total. The van der Waals surface area contributed by atoms with Gasteiger partial charge in [0.2, 0.25) is 0 Å². The molecule has 0 saturated carbocycles. The highest BCUT2D eigenvalue weighted by molar-refractivity contribution is 6.34. The van der Waals surface area contributed by atoms with Crippen LogP contribution in [0.15, 0.2) is 18.2 Å². The molecule has 0 aromatic heterocycles. The third kappa shape index (κ3) is 4.45. The van der Waals surface area contributed by atoms with Crippen molar-refractivity contribution >= 4 is 23.2 Å². The molecule has 3 unspecified atom stereocenters. The summed E-state index contributed by atoms with van der Waals surface area (Å²) in [5, 5.41) is 10.5. The maximum atomic E-state index is 9.40. The van der Waals surface area contributed by atoms with Crippen molar-refractivity contribution in [1.29, 1.82) is 0 Å². The zero-order chi connectivity index (χ0) is 13.0. The van der Waals surface area contributed by atoms with Crippen LogP contribution in [0.4, 0.5) is 0 Å². The van der Waals surface area contributed by atoms with Crippen LogP contribution < -0.4 is 5.73 Å². The monoisotopic (exact) mass is 277 g/mol. The summed E-state index contributed by atoms with van der Waals surface area (Å²) >= 11 is 11.8. The van der Waals surface area contributed by atoms with Crippen LogP contribution in [-0.2, 0) is 4.74 Å². The van der Waals surface area contributed by atoms with Crippen molar-refractivity contribution < 1.29 is 9.84 Å². The second kappa shape index (κ2) is 6.57. The van der Waals surface area contributed by atoms with E-state index in [4.69, 9.17) is 33.7 Å². The summed E-state index contributed by atoms with van der Waals surface area (Å²) in [5.41, 5.74) is 6.48. The fourth-order valence-corrected chi connectivity index (χ4v) is 1.95. The van der Waals surface area contributed by atoms with Gasteiger partial charge in [-0.25, -0.2) is 0 Å². The van der Waals surface area contributed by atoms with Gasteiger partial charge in [-0.3, -0.25) is 0 Å². The fourth-order valence-electron chi connectivity index (χ4n) is 1.40. The van der Waals surface area contributed by atoms with E-state index in [9.17, 15) is 5.11 Å². The smallest absolute Gasteiger partial charge is 0.0953 e. The average Bonchev–Trinajstić information content (AvgIpc) is 2.23. The minimum atomic E-state index is -0.557. The first-order chi connectivity index (χ1) is 7.93. The Morgan fingerprint density at radius 1 is 1.24 bits per heavy atom. The molecule has 0 fully saturated rings. The van der Waals surface area contributed by atoms with Gasteiger partial charge < -0.3 is 15.6 Å². The lowest BCUT2D eigenvalue weighted by atomic mass is 10.1. The highest BCUT2D eigenvalue weighted by Gasteiger charge is 2.18. The van der Waals surface area contributed by atoms with E-state index in [-0.39, 0.29) is 12.2 Å². The topological polar surface area (TPSA) is 55.5 Å². The van der Waals surface area contributed by atoms with Crippen LogP contribution in [0.5, 0.6) is 0 Å². The molecule has 0 amide bonds. The number of halogens is 2. The Morgan fingerprint density at radius 3 is 2.18 bits per heavy atom. The summed E-state index contributed by atoms with van der Waals surface area (Å²) in [5.74, 6) is 0. The van der Waals surface area contributed by atoms with E-state index in [1.165, 1.54) is 0 Å². The first-order valence-electron chi connectivity index (χ1n) is 5.43. The largest absolute Gasteiger partial charge is 0.391 e. The van der Waals surface area contributed by atoms with Crippen molar-refractivity contribution in [2.75, 3.05) is 6.54 Å². The van der Waals surface area contributed by atoms with Crippen LogP contribution >= 0.6 is 23.2 Å². The summed E-state index contributed by atoms with van der Waals surface area (Å²) in [4.78, 5) is 0. The number of hydrogen-bond donors (Lipinski definition) is 2. The molecule has 0 aliphatic rings. The number of hydrogen-bond acceptors (Lipinski definition) is 3. The zero-order valence-corrected chi connectivity index (χ0v) is 11.4. The van der Waals surface area contributed by atoms with E-state index in [0.717, 1.165) is 5.56 Å². The highest BCUT2D eigenvalue weighted by atomic mass is 35.5. The lowest BCUT2D eigenvalue weighted by molar-refractivity contribution is -0.0591. The van der Waals surface area contributed by atoms with E-state index < -0.39 is 6.10 Å². The van der Waals surface area contributed by atoms with Crippen LogP contribution in [0, 0.1) is 0 Å². The van der Waals surface area contributed by atoms with Gasteiger partial charge in [-0.2, -0.15) is 0 Å². The number of rotatable bonds is 5. The molecule has 96 valence electrons. The Morgan fingerprint density at radius 2 is 1.76 bits per heavy atom. The molecular formula is C12H17Cl2NO2. The van der Waals surface area contributed by atoms with E-state index in [1.807, 2.05) is 0 Å². The molecule has 3 atom stereocenters. The van der Waals surface area contributed by atoms with Crippen molar-refractivity contribution in [2.24, 2.45) is 5.73 Å². The fraction of sp³-hybridized carbons (Fsp3) is 0.500. The molecule has 0 bridgehead atoms. The molecule has 1 aromatic rings. The Kier molecular flexibility index (Phi) is 5.70. The van der Waals surface area contributed by atoms with Crippen molar-refractivity contribution in [2.45, 2.75) is 32.2 Å². The molecule has 3 nitrogen and oxygen atoms in total. The number of nitrogens with two attached hydrogens (primary N) is 1. The van der Waals surface area contributed by atoms with Gasteiger partial charge in [0, 0.05) is 16.6 Å². The van der Waals surface area contributed by atoms with E-state index in [0.29, 0.717) is 16.6 Å². The molecule has 1 aromatic carbocycles. The highest BCUT2D eigenvalue weighted by Crippen LogP contribution is 2.26. The summed E-state index contributed by atoms with van der Waals surface area (Å²) < 4.78 is 5.66. The van der Waals surface area contributed by atoms with Crippen molar-refractivity contribution in [3.8, 4) is 0 Å². The Balaban J connectivity index is 2.86. The lowest BCUT2D eigenvalue weighted by Crippen LogP contribution is -2.28. The lowest BCUT2D eigenvalue weighted by Gasteiger charge is -2.23. The summed E-state index contributed by atoms with van der Waals surface area (Å²) in [6.07, 6.45) is -1.18. The van der Waals surface area contributed by atoms with E-state index in [2.05, 4.69) is 0 Å². The third-order valence-corrected chi connectivity index (χ3v) is 2.97. The predicted octanol–water partition coefficient (Wildman–Crippen LogP) is 2.78. The predicted molar refractivity (Wildman–Crippen MR) is 70.5 cm³/mol. The maximum Gasteiger partial charge on any atom is 0.0953 e. The Bertz CT molecular complexity index is 351. The summed E-state index contributed by atoms with van der Waals surface area (Å²) in [7, 11) is 0. The molecular weight excluding hydrogens is 261 g/mol. The number of ether oxygens (including phenoxy) is 1. The van der Waals surface area contributed by atoms with E-state index >= 15 is 0 Å². The zero-order valence-electron chi connectivity index (χ0n) is 9.86. The van der Waals surface area contributed by atoms with Gasteiger partial charge >= 0.3 is 0 Å². The number of benzene rings is 1. The quantitative estimate of drug-likeness (QED) is 0.870. The van der Waals surface area contributed by atoms with Gasteiger partial charge in [0.05, 0.1) is 18.3 Å². The van der Waals surface area contributed by atoms with Crippen LogP contribution in [0.25, 0.3) is 0 Å². The standard InChI is InChI=1S/C12H17Cl2NO2/c1-7(16)8(2)17-12(6-15)9-3-10(13)5-11(14)4-9/h3-5,7-8,12,16H,6,15H2,1-2H3. The average molecular weight is 278 g/mol. The van der Waals surface area contributed by atoms with Gasteiger partial charge in [-0.15, -0.1) is 0 Å². The Hall–Kier alpha value is -0.320. The van der Waals surface area contributed by atoms with Crippen LogP contribution in [0.3, 0.4) is 0 Å². The van der Waals surface area contributed by atoms with Crippen molar-refractivity contribution in [1.82, 2.24) is 0 Å². The molecule has 1 rings (SSSR count). The first-order valence-corrected chi connectivity index (χ1v) is 6.19. The minimum Gasteiger partial charge on any atom is -0.391 e. The number of aliphatic hydroxyl groups is 1. The minimum absolute atomic E-state index is 0.299. The van der Waals surface area contributed by atoms with Crippen molar-refractivity contribution in [3.63, 3.8) is 0 Å². The SMILES string of the molecule is CC(O)C(C)OC(CN)c1cc(Cl)cc(Cl)c1. The van der Waals surface area contributed by atoms with Gasteiger partial charge in [0.15, 0.2) is 0 Å². The Labute approximate surface area is 111 Å². The molecule has 0 saturated heterocycles. The van der Waals surface area contributed by atoms with Crippen LogP contribution in [0.1, 0.15) is 25.5 Å². The molecule has 0 radical (unpaired) electrons. The van der Waals surface area contributed by atoms with Gasteiger partial charge in [0.25, 0.3) is 0 Å². The third-order valence-electron chi connectivity index (χ3n) is 2.53. The molecule has 17 heavy (non-hydrogen) atoms. The van der Waals surface area contributed by atoms with E-state index in [1.54, 1.807) is 32.0 Å². The molecule has 0 aliphatic carbocycles.